The van der Waals surface area contributed by atoms with Gasteiger partial charge in [-0.05, 0) is 31.2 Å². The number of para-hydroxylation sites is 1. The number of benzene rings is 2. The maximum absolute atomic E-state index is 12.3. The Hall–Kier alpha value is -3.81. The van der Waals surface area contributed by atoms with Gasteiger partial charge in [0.05, 0.1) is 27.0 Å². The lowest BCUT2D eigenvalue weighted by Crippen LogP contribution is -2.34. The first-order valence-electron chi connectivity index (χ1n) is 9.32. The summed E-state index contributed by atoms with van der Waals surface area (Å²) in [6, 6.07) is 12.7. The van der Waals surface area contributed by atoms with Gasteiger partial charge in [-0.15, -0.1) is 0 Å². The lowest BCUT2D eigenvalue weighted by Gasteiger charge is -2.09. The van der Waals surface area contributed by atoms with Crippen LogP contribution in [0.5, 0.6) is 11.5 Å². The predicted octanol–water partition coefficient (Wildman–Crippen LogP) is 2.38. The van der Waals surface area contributed by atoms with E-state index in [4.69, 9.17) is 9.47 Å². The molecule has 8 heteroatoms. The molecule has 0 unspecified atom stereocenters. The molecule has 2 aromatic carbocycles. The van der Waals surface area contributed by atoms with E-state index in [1.54, 1.807) is 24.4 Å². The van der Waals surface area contributed by atoms with Crippen molar-refractivity contribution < 1.29 is 19.1 Å². The fraction of sp³-hybridized carbons (Fsp3) is 0.227. The van der Waals surface area contributed by atoms with E-state index in [2.05, 4.69) is 20.4 Å². The van der Waals surface area contributed by atoms with Crippen molar-refractivity contribution in [3.8, 4) is 11.5 Å². The molecule has 156 valence electrons. The smallest absolute Gasteiger partial charge is 0.259 e. The Morgan fingerprint density at radius 2 is 1.83 bits per heavy atom. The van der Waals surface area contributed by atoms with Gasteiger partial charge in [0.2, 0.25) is 0 Å². The number of fused-ring (bicyclic) bond motifs is 1. The molecule has 0 saturated heterocycles. The average Bonchev–Trinajstić information content (AvgIpc) is 3.02. The average molecular weight is 408 g/mol. The molecule has 0 saturated carbocycles. The van der Waals surface area contributed by atoms with E-state index in [-0.39, 0.29) is 6.54 Å². The molecule has 0 fully saturated rings. The van der Waals surface area contributed by atoms with Crippen molar-refractivity contribution in [2.24, 2.45) is 12.1 Å². The second kappa shape index (κ2) is 9.13. The second-order valence-corrected chi connectivity index (χ2v) is 6.62. The van der Waals surface area contributed by atoms with Crippen LogP contribution in [-0.2, 0) is 11.8 Å². The first kappa shape index (κ1) is 20.9. The van der Waals surface area contributed by atoms with Gasteiger partial charge in [-0.2, -0.15) is 5.10 Å². The number of aromatic nitrogens is 1. The molecule has 0 bridgehead atoms. The number of methoxy groups -OCH3 is 2. The molecular formula is C22H24N4O4. The lowest BCUT2D eigenvalue weighted by atomic mass is 10.1. The SMILES string of the molecule is COc1ccc(C(=O)NCC(=O)N/N=C/c2c(C)n(C)c3ccccc23)cc1OC. The van der Waals surface area contributed by atoms with Gasteiger partial charge in [-0.25, -0.2) is 5.43 Å². The zero-order chi connectivity index (χ0) is 21.7. The van der Waals surface area contributed by atoms with Gasteiger partial charge < -0.3 is 19.4 Å². The Labute approximate surface area is 174 Å². The molecule has 3 rings (SSSR count). The van der Waals surface area contributed by atoms with E-state index in [0.717, 1.165) is 22.2 Å². The van der Waals surface area contributed by atoms with Gasteiger partial charge in [-0.3, -0.25) is 9.59 Å². The molecule has 0 aliphatic rings. The van der Waals surface area contributed by atoms with Crippen LogP contribution in [0.3, 0.4) is 0 Å². The molecule has 0 atom stereocenters. The van der Waals surface area contributed by atoms with Crippen molar-refractivity contribution in [3.05, 3.63) is 59.3 Å². The fourth-order valence-corrected chi connectivity index (χ4v) is 3.16. The van der Waals surface area contributed by atoms with Gasteiger partial charge in [0, 0.05) is 34.8 Å². The van der Waals surface area contributed by atoms with Crippen molar-refractivity contribution in [2.45, 2.75) is 6.92 Å². The first-order chi connectivity index (χ1) is 14.5. The van der Waals surface area contributed by atoms with Crippen molar-refractivity contribution in [3.63, 3.8) is 0 Å². The Kier molecular flexibility index (Phi) is 6.36. The largest absolute Gasteiger partial charge is 0.493 e. The molecule has 0 aliphatic heterocycles. The van der Waals surface area contributed by atoms with E-state index in [1.807, 2.05) is 38.2 Å². The molecular weight excluding hydrogens is 384 g/mol. The highest BCUT2D eigenvalue weighted by molar-refractivity contribution is 6.01. The Morgan fingerprint density at radius 1 is 1.10 bits per heavy atom. The number of nitrogens with zero attached hydrogens (tertiary/aromatic N) is 2. The molecule has 1 heterocycles. The topological polar surface area (TPSA) is 94.0 Å². The summed E-state index contributed by atoms with van der Waals surface area (Å²) in [7, 11) is 4.99. The van der Waals surface area contributed by atoms with E-state index >= 15 is 0 Å². The fourth-order valence-electron chi connectivity index (χ4n) is 3.16. The third-order valence-electron chi connectivity index (χ3n) is 4.89. The highest BCUT2D eigenvalue weighted by Crippen LogP contribution is 2.27. The van der Waals surface area contributed by atoms with Crippen molar-refractivity contribution in [1.29, 1.82) is 0 Å². The summed E-state index contributed by atoms with van der Waals surface area (Å²) in [6.45, 7) is 1.78. The Bertz CT molecular complexity index is 1120. The van der Waals surface area contributed by atoms with Gasteiger partial charge >= 0.3 is 0 Å². The highest BCUT2D eigenvalue weighted by atomic mass is 16.5. The van der Waals surface area contributed by atoms with E-state index in [0.29, 0.717) is 17.1 Å². The minimum absolute atomic E-state index is 0.209. The van der Waals surface area contributed by atoms with Gasteiger partial charge in [-0.1, -0.05) is 18.2 Å². The molecule has 0 aliphatic carbocycles. The number of aryl methyl sites for hydroxylation is 1. The van der Waals surface area contributed by atoms with Crippen LogP contribution in [0.15, 0.2) is 47.6 Å². The Balaban J connectivity index is 1.59. The van der Waals surface area contributed by atoms with Crippen LogP contribution in [0.4, 0.5) is 0 Å². The molecule has 2 amide bonds. The monoisotopic (exact) mass is 408 g/mol. The van der Waals surface area contributed by atoms with Gasteiger partial charge in [0.15, 0.2) is 11.5 Å². The number of amides is 2. The van der Waals surface area contributed by atoms with Gasteiger partial charge in [0.1, 0.15) is 0 Å². The van der Waals surface area contributed by atoms with Crippen molar-refractivity contribution in [1.82, 2.24) is 15.3 Å². The Morgan fingerprint density at radius 3 is 2.57 bits per heavy atom. The number of carbonyl (C=O) groups excluding carboxylic acids is 2. The molecule has 2 N–H and O–H groups in total. The normalized spacial score (nSPS) is 10.9. The number of hydrazone groups is 1. The molecule has 0 spiro atoms. The summed E-state index contributed by atoms with van der Waals surface area (Å²) in [5.74, 6) is 0.118. The summed E-state index contributed by atoms with van der Waals surface area (Å²) in [4.78, 5) is 24.3. The maximum atomic E-state index is 12.3. The third kappa shape index (κ3) is 4.27. The highest BCUT2D eigenvalue weighted by Gasteiger charge is 2.12. The number of hydrogen-bond acceptors (Lipinski definition) is 5. The van der Waals surface area contributed by atoms with E-state index in [9.17, 15) is 9.59 Å². The van der Waals surface area contributed by atoms with Gasteiger partial charge in [0.25, 0.3) is 11.8 Å². The van der Waals surface area contributed by atoms with Crippen LogP contribution in [0.25, 0.3) is 10.9 Å². The summed E-state index contributed by atoms with van der Waals surface area (Å²) in [5, 5.41) is 7.65. The number of carbonyl (C=O) groups is 2. The zero-order valence-electron chi connectivity index (χ0n) is 17.4. The number of rotatable bonds is 7. The summed E-state index contributed by atoms with van der Waals surface area (Å²) in [5.41, 5.74) is 5.86. The molecule has 8 nitrogen and oxygen atoms in total. The molecule has 0 radical (unpaired) electrons. The standard InChI is InChI=1S/C22H24N4O4/c1-14-17(16-7-5-6-8-18(16)26(14)2)12-24-25-21(27)13-23-22(28)15-9-10-19(29-3)20(11-15)30-4/h5-12H,13H2,1-4H3,(H,23,28)(H,25,27)/b24-12+. The second-order valence-electron chi connectivity index (χ2n) is 6.62. The quantitative estimate of drug-likeness (QED) is 0.464. The number of hydrogen-bond donors (Lipinski definition) is 2. The summed E-state index contributed by atoms with van der Waals surface area (Å²) < 4.78 is 12.4. The summed E-state index contributed by atoms with van der Waals surface area (Å²) in [6.07, 6.45) is 1.62. The van der Waals surface area contributed by atoms with E-state index in [1.165, 1.54) is 14.2 Å². The van der Waals surface area contributed by atoms with Crippen LogP contribution in [0.2, 0.25) is 0 Å². The third-order valence-corrected chi connectivity index (χ3v) is 4.89. The van der Waals surface area contributed by atoms with Crippen LogP contribution in [0.1, 0.15) is 21.6 Å². The molecule has 1 aromatic heterocycles. The lowest BCUT2D eigenvalue weighted by molar-refractivity contribution is -0.120. The van der Waals surface area contributed by atoms with Crippen molar-refractivity contribution in [2.75, 3.05) is 20.8 Å². The van der Waals surface area contributed by atoms with Crippen molar-refractivity contribution >= 4 is 28.9 Å². The summed E-state index contributed by atoms with van der Waals surface area (Å²) >= 11 is 0. The molecule has 3 aromatic rings. The van der Waals surface area contributed by atoms with E-state index < -0.39 is 11.8 Å². The minimum Gasteiger partial charge on any atom is -0.493 e. The van der Waals surface area contributed by atoms with Crippen LogP contribution in [-0.4, -0.2) is 43.4 Å². The minimum atomic E-state index is -0.432. The molecule has 30 heavy (non-hydrogen) atoms. The maximum Gasteiger partial charge on any atom is 0.259 e. The van der Waals surface area contributed by atoms with Crippen LogP contribution >= 0.6 is 0 Å². The number of nitrogens with one attached hydrogen (secondary N) is 2. The first-order valence-corrected chi connectivity index (χ1v) is 9.32. The predicted molar refractivity (Wildman–Crippen MR) is 115 cm³/mol. The zero-order valence-corrected chi connectivity index (χ0v) is 17.4. The number of ether oxygens (including phenoxy) is 2. The van der Waals surface area contributed by atoms with Crippen LogP contribution in [0, 0.1) is 6.92 Å². The van der Waals surface area contributed by atoms with Crippen LogP contribution < -0.4 is 20.2 Å².